The minimum atomic E-state index is -4.13. The van der Waals surface area contributed by atoms with E-state index in [4.69, 9.17) is 11.6 Å². The van der Waals surface area contributed by atoms with Crippen molar-refractivity contribution in [3.8, 4) is 0 Å². The smallest absolute Gasteiger partial charge is 0.364 e. The molecule has 0 amide bonds. The van der Waals surface area contributed by atoms with Crippen LogP contribution >= 0.6 is 0 Å². The maximum absolute atomic E-state index is 10.3. The predicted molar refractivity (Wildman–Crippen MR) is 28.7 cm³/mol. The first-order chi connectivity index (χ1) is 4.51. The molecule has 9 heteroatoms. The van der Waals surface area contributed by atoms with Crippen molar-refractivity contribution in [1.82, 2.24) is 5.17 Å². The molecule has 0 atom stereocenters. The summed E-state index contributed by atoms with van der Waals surface area (Å²) >= 11 is 0. The summed E-state index contributed by atoms with van der Waals surface area (Å²) in [6, 6.07) is 0. The monoisotopic (exact) mass is 168 g/mol. The topological polar surface area (TPSA) is 120 Å². The van der Waals surface area contributed by atoms with Crippen molar-refractivity contribution in [2.45, 2.75) is 0 Å². The molecule has 1 rings (SSSR count). The third kappa shape index (κ3) is 1.26. The van der Waals surface area contributed by atoms with Gasteiger partial charge in [0.15, 0.2) is 0 Å². The normalized spacial score (nSPS) is 23.3. The van der Waals surface area contributed by atoms with Crippen molar-refractivity contribution in [1.29, 1.82) is 0 Å². The second-order valence-corrected chi connectivity index (χ2v) is 2.45. The summed E-state index contributed by atoms with van der Waals surface area (Å²) in [5, 5.41) is 3.12. The minimum Gasteiger partial charge on any atom is -0.364 e. The van der Waals surface area contributed by atoms with Gasteiger partial charge in [0.05, 0.1) is 0 Å². The van der Waals surface area contributed by atoms with Crippen LogP contribution in [-0.4, -0.2) is 19.5 Å². The summed E-state index contributed by atoms with van der Waals surface area (Å²) in [5.41, 5.74) is 4.94. The maximum atomic E-state index is 10.3. The van der Waals surface area contributed by atoms with E-state index in [0.717, 1.165) is 0 Å². The van der Waals surface area contributed by atoms with Crippen LogP contribution in [0.15, 0.2) is 5.16 Å². The van der Waals surface area contributed by atoms with E-state index in [1.807, 2.05) is 0 Å². The summed E-state index contributed by atoms with van der Waals surface area (Å²) in [7, 11) is -4.13. The van der Waals surface area contributed by atoms with Crippen LogP contribution in [0.2, 0.25) is 0 Å². The number of nitrogens with zero attached hydrogens (tertiary/aromatic N) is 2. The molecular weight excluding hydrogens is 164 g/mol. The molecule has 0 spiro atoms. The van der Waals surface area contributed by atoms with Gasteiger partial charge in [-0.2, -0.15) is 8.42 Å². The van der Waals surface area contributed by atoms with Gasteiger partial charge in [-0.1, -0.05) is 4.28 Å². The van der Waals surface area contributed by atoms with Crippen LogP contribution in [0.5, 0.6) is 0 Å². The Morgan fingerprint density at radius 1 is 1.60 bits per heavy atom. The van der Waals surface area contributed by atoms with Crippen LogP contribution in [0.4, 0.5) is 0 Å². The molecule has 1 aliphatic heterocycles. The molecule has 0 saturated heterocycles. The summed E-state index contributed by atoms with van der Waals surface area (Å²) in [6.45, 7) is 0. The first-order valence-electron chi connectivity index (χ1n) is 2.03. The van der Waals surface area contributed by atoms with Crippen molar-refractivity contribution in [2.75, 3.05) is 0 Å². The highest BCUT2D eigenvalue weighted by Gasteiger charge is 2.24. The van der Waals surface area contributed by atoms with Gasteiger partial charge < -0.3 is 5.73 Å². The van der Waals surface area contributed by atoms with Crippen molar-refractivity contribution in [3.05, 3.63) is 0 Å². The molecule has 0 saturated carbocycles. The number of rotatable bonds is 0. The molecule has 58 valence electrons. The molecule has 1 heterocycles. The van der Waals surface area contributed by atoms with Crippen molar-refractivity contribution in [2.24, 2.45) is 16.7 Å². The van der Waals surface area contributed by atoms with Gasteiger partial charge in [-0.3, -0.25) is 0 Å². The van der Waals surface area contributed by atoms with Crippen LogP contribution < -0.4 is 11.6 Å². The first-order valence-corrected chi connectivity index (χ1v) is 3.36. The molecular formula is CH4N4O4S. The average molecular weight is 168 g/mol. The van der Waals surface area contributed by atoms with Crippen molar-refractivity contribution < 1.29 is 17.0 Å². The van der Waals surface area contributed by atoms with Gasteiger partial charge in [-0.05, 0) is 5.16 Å². The highest BCUT2D eigenvalue weighted by Crippen LogP contribution is 2.03. The zero-order valence-corrected chi connectivity index (χ0v) is 5.41. The standard InChI is InChI=1S/CH4N4O4S/c2-1-4-8-10(6,7)9-5(1)3/h3H2,(H2,2,4). The SMILES string of the molecule is NC1=NOS(=O)(=O)ON1N. The average Bonchev–Trinajstić information content (AvgIpc) is 1.79. The Kier molecular flexibility index (Phi) is 1.39. The summed E-state index contributed by atoms with van der Waals surface area (Å²) in [6.07, 6.45) is 0. The fourth-order valence-electron chi connectivity index (χ4n) is 0.274. The fourth-order valence-corrected chi connectivity index (χ4v) is 0.742. The summed E-state index contributed by atoms with van der Waals surface area (Å²) in [4.78, 5) is 0. The van der Waals surface area contributed by atoms with E-state index in [1.54, 1.807) is 0 Å². The quantitative estimate of drug-likeness (QED) is 0.386. The predicted octanol–water partition coefficient (Wildman–Crippen LogP) is -2.40. The minimum absolute atomic E-state index is 0.277. The van der Waals surface area contributed by atoms with E-state index in [0.29, 0.717) is 0 Å². The lowest BCUT2D eigenvalue weighted by Crippen LogP contribution is -2.46. The van der Waals surface area contributed by atoms with Crippen LogP contribution in [0, 0.1) is 0 Å². The summed E-state index contributed by atoms with van der Waals surface area (Å²) < 4.78 is 28.2. The highest BCUT2D eigenvalue weighted by molar-refractivity contribution is 7.81. The van der Waals surface area contributed by atoms with Gasteiger partial charge in [0, 0.05) is 0 Å². The zero-order chi connectivity index (χ0) is 7.78. The number of guanidine groups is 1. The van der Waals surface area contributed by atoms with Crippen LogP contribution in [0.3, 0.4) is 0 Å². The van der Waals surface area contributed by atoms with E-state index in [-0.39, 0.29) is 11.1 Å². The Labute approximate surface area is 56.2 Å². The number of hydrazine groups is 1. The van der Waals surface area contributed by atoms with E-state index < -0.39 is 10.4 Å². The number of hydrogen-bond donors (Lipinski definition) is 2. The Bertz CT molecular complexity index is 254. The van der Waals surface area contributed by atoms with Crippen LogP contribution in [0.25, 0.3) is 0 Å². The summed E-state index contributed by atoms with van der Waals surface area (Å²) in [5.74, 6) is 4.47. The molecule has 0 unspecified atom stereocenters. The molecule has 0 aromatic rings. The zero-order valence-electron chi connectivity index (χ0n) is 4.59. The van der Waals surface area contributed by atoms with Gasteiger partial charge >= 0.3 is 10.4 Å². The molecule has 0 bridgehead atoms. The molecule has 1 aliphatic rings. The number of nitrogens with two attached hydrogens (primary N) is 2. The third-order valence-electron chi connectivity index (χ3n) is 0.619. The molecule has 10 heavy (non-hydrogen) atoms. The lowest BCUT2D eigenvalue weighted by atomic mass is 11.1. The van der Waals surface area contributed by atoms with Crippen molar-refractivity contribution in [3.63, 3.8) is 0 Å². The van der Waals surface area contributed by atoms with Gasteiger partial charge in [-0.15, -0.1) is 5.17 Å². The molecule has 0 aromatic heterocycles. The fraction of sp³-hybridized carbons (Fsp3) is 0. The Morgan fingerprint density at radius 2 is 2.20 bits per heavy atom. The van der Waals surface area contributed by atoms with Gasteiger partial charge in [-0.25, -0.2) is 10.1 Å². The molecule has 8 nitrogen and oxygen atoms in total. The first kappa shape index (κ1) is 7.05. The van der Waals surface area contributed by atoms with Gasteiger partial charge in [0.1, 0.15) is 0 Å². The Hall–Kier alpha value is -1.06. The number of oxime groups is 1. The molecule has 0 aliphatic carbocycles. The second-order valence-electron chi connectivity index (χ2n) is 1.33. The van der Waals surface area contributed by atoms with Crippen molar-refractivity contribution >= 4 is 16.4 Å². The largest absolute Gasteiger partial charge is 0.492 e. The number of hydrogen-bond acceptors (Lipinski definition) is 8. The van der Waals surface area contributed by atoms with E-state index >= 15 is 0 Å². The van der Waals surface area contributed by atoms with E-state index in [1.165, 1.54) is 0 Å². The van der Waals surface area contributed by atoms with E-state index in [2.05, 4.69) is 13.7 Å². The van der Waals surface area contributed by atoms with Gasteiger partial charge in [0.2, 0.25) is 0 Å². The second kappa shape index (κ2) is 1.97. The Balaban J connectivity index is 2.89. The molecule has 0 aromatic carbocycles. The number of hydroxylamine groups is 1. The Morgan fingerprint density at radius 3 is 2.60 bits per heavy atom. The van der Waals surface area contributed by atoms with Crippen LogP contribution in [-0.2, 0) is 19.0 Å². The molecule has 4 N–H and O–H groups in total. The third-order valence-corrected chi connectivity index (χ3v) is 1.22. The maximum Gasteiger partial charge on any atom is 0.492 e. The van der Waals surface area contributed by atoms with Crippen LogP contribution in [0.1, 0.15) is 0 Å². The lowest BCUT2D eigenvalue weighted by Gasteiger charge is -2.16. The van der Waals surface area contributed by atoms with E-state index in [9.17, 15) is 8.42 Å². The lowest BCUT2D eigenvalue weighted by molar-refractivity contribution is -0.0145. The molecule has 0 radical (unpaired) electrons. The highest BCUT2D eigenvalue weighted by atomic mass is 32.3. The van der Waals surface area contributed by atoms with Gasteiger partial charge in [0.25, 0.3) is 5.96 Å². The molecule has 0 fully saturated rings.